The topological polar surface area (TPSA) is 16.1 Å². The minimum Gasteiger partial charge on any atom is -0.373 e. The summed E-state index contributed by atoms with van der Waals surface area (Å²) in [4.78, 5) is 6.27. The molecule has 0 aliphatic carbocycles. The summed E-state index contributed by atoms with van der Waals surface area (Å²) in [5.41, 5.74) is 2.20. The number of aromatic nitrogens is 1. The number of rotatable bonds is 3. The molecule has 0 saturated heterocycles. The maximum Gasteiger partial charge on any atom is 0.0482 e. The van der Waals surface area contributed by atoms with E-state index in [0.29, 0.717) is 0 Å². The lowest BCUT2D eigenvalue weighted by molar-refractivity contribution is 0.857. The highest BCUT2D eigenvalue weighted by atomic mass is 35.5. The first-order valence-electron chi connectivity index (χ1n) is 4.37. The molecule has 0 saturated carbocycles. The molecule has 1 heterocycles. The number of hydrogen-bond acceptors (Lipinski definition) is 2. The molecule has 0 bridgehead atoms. The highest BCUT2D eigenvalue weighted by Crippen LogP contribution is 2.13. The van der Waals surface area contributed by atoms with Crippen molar-refractivity contribution < 1.29 is 0 Å². The van der Waals surface area contributed by atoms with Crippen molar-refractivity contribution in [2.24, 2.45) is 0 Å². The third kappa shape index (κ3) is 3.23. The Kier molecular flexibility index (Phi) is 3.55. The zero-order chi connectivity index (χ0) is 9.84. The van der Waals surface area contributed by atoms with Gasteiger partial charge in [0.1, 0.15) is 0 Å². The second kappa shape index (κ2) is 4.47. The van der Waals surface area contributed by atoms with Crippen molar-refractivity contribution in [3.63, 3.8) is 0 Å². The number of alkyl halides is 1. The summed E-state index contributed by atoms with van der Waals surface area (Å²) < 4.78 is 0. The first-order valence-corrected chi connectivity index (χ1v) is 4.81. The van der Waals surface area contributed by atoms with Crippen LogP contribution < -0.4 is 4.90 Å². The summed E-state index contributed by atoms with van der Waals surface area (Å²) in [7, 11) is 2.04. The molecule has 0 aliphatic heterocycles. The minimum atomic E-state index is 0.165. The van der Waals surface area contributed by atoms with Gasteiger partial charge in [-0.1, -0.05) is 0 Å². The summed E-state index contributed by atoms with van der Waals surface area (Å²) in [6.45, 7) is 4.83. The number of nitrogens with zero attached hydrogens (tertiary/aromatic N) is 2. The van der Waals surface area contributed by atoms with Gasteiger partial charge in [0.25, 0.3) is 0 Å². The quantitative estimate of drug-likeness (QED) is 0.694. The standard InChI is InChI=1S/C10H15ClN2/c1-8(11)7-13(3)10-4-5-12-9(2)6-10/h4-6,8H,7H2,1-3H3. The fraction of sp³-hybridized carbons (Fsp3) is 0.500. The van der Waals surface area contributed by atoms with Crippen LogP contribution in [0.25, 0.3) is 0 Å². The van der Waals surface area contributed by atoms with Crippen LogP contribution in [0, 0.1) is 6.92 Å². The van der Waals surface area contributed by atoms with Gasteiger partial charge in [0.15, 0.2) is 0 Å². The van der Waals surface area contributed by atoms with Crippen LogP contribution in [0.15, 0.2) is 18.3 Å². The van der Waals surface area contributed by atoms with Gasteiger partial charge in [-0.3, -0.25) is 4.98 Å². The molecular weight excluding hydrogens is 184 g/mol. The van der Waals surface area contributed by atoms with E-state index < -0.39 is 0 Å². The molecular formula is C10H15ClN2. The van der Waals surface area contributed by atoms with E-state index in [1.807, 2.05) is 33.2 Å². The highest BCUT2D eigenvalue weighted by Gasteiger charge is 2.04. The van der Waals surface area contributed by atoms with Crippen molar-refractivity contribution in [2.45, 2.75) is 19.2 Å². The first-order chi connectivity index (χ1) is 6.09. The van der Waals surface area contributed by atoms with E-state index in [0.717, 1.165) is 12.2 Å². The minimum absolute atomic E-state index is 0.165. The SMILES string of the molecule is Cc1cc(N(C)CC(C)Cl)ccn1. The fourth-order valence-corrected chi connectivity index (χ4v) is 1.46. The van der Waals surface area contributed by atoms with E-state index in [-0.39, 0.29) is 5.38 Å². The van der Waals surface area contributed by atoms with Crippen molar-refractivity contribution in [3.8, 4) is 0 Å². The Bertz CT molecular complexity index is 273. The number of halogens is 1. The van der Waals surface area contributed by atoms with E-state index >= 15 is 0 Å². The summed E-state index contributed by atoms with van der Waals surface area (Å²) in [5.74, 6) is 0. The molecule has 1 atom stereocenters. The van der Waals surface area contributed by atoms with Crippen LogP contribution in [0.5, 0.6) is 0 Å². The summed E-state index contributed by atoms with van der Waals surface area (Å²) in [6, 6.07) is 4.05. The molecule has 0 aliphatic rings. The van der Waals surface area contributed by atoms with Crippen molar-refractivity contribution in [1.29, 1.82) is 0 Å². The Morgan fingerprint density at radius 2 is 2.31 bits per heavy atom. The second-order valence-electron chi connectivity index (χ2n) is 3.32. The highest BCUT2D eigenvalue weighted by molar-refractivity contribution is 6.20. The lowest BCUT2D eigenvalue weighted by Gasteiger charge is -2.20. The van der Waals surface area contributed by atoms with Crippen molar-refractivity contribution in [1.82, 2.24) is 4.98 Å². The third-order valence-electron chi connectivity index (χ3n) is 1.85. The molecule has 0 aromatic carbocycles. The Morgan fingerprint density at radius 1 is 1.62 bits per heavy atom. The molecule has 72 valence electrons. The van der Waals surface area contributed by atoms with Gasteiger partial charge in [-0.15, -0.1) is 11.6 Å². The Labute approximate surface area is 84.5 Å². The average Bonchev–Trinajstić information content (AvgIpc) is 2.03. The van der Waals surface area contributed by atoms with Crippen LogP contribution in [0.4, 0.5) is 5.69 Å². The van der Waals surface area contributed by atoms with E-state index in [2.05, 4.69) is 16.0 Å². The van der Waals surface area contributed by atoms with Gasteiger partial charge in [-0.2, -0.15) is 0 Å². The van der Waals surface area contributed by atoms with Crippen LogP contribution in [0.3, 0.4) is 0 Å². The molecule has 1 aromatic rings. The molecule has 0 fully saturated rings. The molecule has 0 N–H and O–H groups in total. The van der Waals surface area contributed by atoms with Crippen molar-refractivity contribution >= 4 is 17.3 Å². The van der Waals surface area contributed by atoms with E-state index in [4.69, 9.17) is 11.6 Å². The number of hydrogen-bond donors (Lipinski definition) is 0. The zero-order valence-electron chi connectivity index (χ0n) is 8.29. The van der Waals surface area contributed by atoms with Gasteiger partial charge in [0, 0.05) is 36.5 Å². The first kappa shape index (κ1) is 10.3. The number of aryl methyl sites for hydroxylation is 1. The fourth-order valence-electron chi connectivity index (χ4n) is 1.25. The van der Waals surface area contributed by atoms with Gasteiger partial charge in [0.2, 0.25) is 0 Å². The van der Waals surface area contributed by atoms with Crippen molar-refractivity contribution in [3.05, 3.63) is 24.0 Å². The van der Waals surface area contributed by atoms with Crippen LogP contribution in [0.1, 0.15) is 12.6 Å². The van der Waals surface area contributed by atoms with E-state index in [1.165, 1.54) is 5.69 Å². The molecule has 2 nitrogen and oxygen atoms in total. The lowest BCUT2D eigenvalue weighted by Crippen LogP contribution is -2.24. The largest absolute Gasteiger partial charge is 0.373 e. The smallest absolute Gasteiger partial charge is 0.0482 e. The molecule has 13 heavy (non-hydrogen) atoms. The summed E-state index contributed by atoms with van der Waals surface area (Å²) in [6.07, 6.45) is 1.82. The lowest BCUT2D eigenvalue weighted by atomic mass is 10.3. The normalized spacial score (nSPS) is 12.6. The Hall–Kier alpha value is -0.760. The van der Waals surface area contributed by atoms with Gasteiger partial charge in [-0.05, 0) is 26.0 Å². The van der Waals surface area contributed by atoms with Crippen LogP contribution in [-0.4, -0.2) is 24.0 Å². The molecule has 1 aromatic heterocycles. The molecule has 0 amide bonds. The number of pyridine rings is 1. The van der Waals surface area contributed by atoms with Crippen LogP contribution >= 0.6 is 11.6 Å². The molecule has 3 heteroatoms. The Morgan fingerprint density at radius 3 is 2.85 bits per heavy atom. The van der Waals surface area contributed by atoms with Gasteiger partial charge in [0.05, 0.1) is 0 Å². The van der Waals surface area contributed by atoms with Gasteiger partial charge < -0.3 is 4.90 Å². The van der Waals surface area contributed by atoms with E-state index in [1.54, 1.807) is 0 Å². The number of anilines is 1. The summed E-state index contributed by atoms with van der Waals surface area (Å²) >= 11 is 5.91. The third-order valence-corrected chi connectivity index (χ3v) is 1.98. The maximum atomic E-state index is 5.91. The van der Waals surface area contributed by atoms with E-state index in [9.17, 15) is 0 Å². The average molecular weight is 199 g/mol. The monoisotopic (exact) mass is 198 g/mol. The van der Waals surface area contributed by atoms with Gasteiger partial charge in [-0.25, -0.2) is 0 Å². The van der Waals surface area contributed by atoms with Crippen LogP contribution in [0.2, 0.25) is 0 Å². The maximum absolute atomic E-state index is 5.91. The molecule has 0 radical (unpaired) electrons. The van der Waals surface area contributed by atoms with Crippen LogP contribution in [-0.2, 0) is 0 Å². The predicted octanol–water partition coefficient (Wildman–Crippen LogP) is 2.45. The molecule has 1 unspecified atom stereocenters. The van der Waals surface area contributed by atoms with Crippen molar-refractivity contribution in [2.75, 3.05) is 18.5 Å². The second-order valence-corrected chi connectivity index (χ2v) is 4.06. The van der Waals surface area contributed by atoms with Gasteiger partial charge >= 0.3 is 0 Å². The Balaban J connectivity index is 2.71. The zero-order valence-corrected chi connectivity index (χ0v) is 9.04. The summed E-state index contributed by atoms with van der Waals surface area (Å²) in [5, 5.41) is 0.165. The molecule has 1 rings (SSSR count). The predicted molar refractivity (Wildman–Crippen MR) is 57.6 cm³/mol. The molecule has 0 spiro atoms.